The number of hydrogen-bond acceptors (Lipinski definition) is 5. The normalized spacial score (nSPS) is 18.1. The number of halogens is 3. The Morgan fingerprint density at radius 2 is 2.04 bits per heavy atom. The zero-order chi connectivity index (χ0) is 20.4. The smallest absolute Gasteiger partial charge is 0.352 e. The zero-order valence-corrected chi connectivity index (χ0v) is 14.4. The average molecular weight is 394 g/mol. The molecule has 1 aromatic carbocycles. The van der Waals surface area contributed by atoms with E-state index in [9.17, 15) is 27.6 Å². The number of fused-ring (bicyclic) bond motifs is 1. The minimum Gasteiger partial charge on any atom is -0.491 e. The molecule has 0 bridgehead atoms. The number of imide groups is 1. The van der Waals surface area contributed by atoms with E-state index in [1.807, 2.05) is 0 Å². The molecule has 146 valence electrons. The van der Waals surface area contributed by atoms with Crippen LogP contribution in [0.1, 0.15) is 10.4 Å². The first-order valence-electron chi connectivity index (χ1n) is 7.99. The Morgan fingerprint density at radius 3 is 2.75 bits per heavy atom. The van der Waals surface area contributed by atoms with Crippen LogP contribution >= 0.6 is 0 Å². The summed E-state index contributed by atoms with van der Waals surface area (Å²) < 4.78 is 45.5. The summed E-state index contributed by atoms with van der Waals surface area (Å²) in [5.74, 6) is -7.79. The van der Waals surface area contributed by atoms with Crippen molar-refractivity contribution in [3.05, 3.63) is 41.2 Å². The monoisotopic (exact) mass is 394 g/mol. The highest BCUT2D eigenvalue weighted by Crippen LogP contribution is 2.27. The predicted molar refractivity (Wildman–Crippen MR) is 90.9 cm³/mol. The zero-order valence-electron chi connectivity index (χ0n) is 14.4. The molecule has 0 aromatic heterocycles. The number of amidine groups is 1. The minimum atomic E-state index is -1.56. The van der Waals surface area contributed by atoms with Crippen LogP contribution in [0.5, 0.6) is 5.75 Å². The highest BCUT2D eigenvalue weighted by molar-refractivity contribution is 6.19. The van der Waals surface area contributed by atoms with Crippen molar-refractivity contribution in [2.45, 2.75) is 0 Å². The second-order valence-electron chi connectivity index (χ2n) is 5.71. The summed E-state index contributed by atoms with van der Waals surface area (Å²) in [4.78, 5) is 44.8. The molecule has 11 heteroatoms. The van der Waals surface area contributed by atoms with Gasteiger partial charge in [0.1, 0.15) is 11.8 Å². The largest absolute Gasteiger partial charge is 0.491 e. The van der Waals surface area contributed by atoms with Crippen LogP contribution in [0.2, 0.25) is 0 Å². The lowest BCUT2D eigenvalue weighted by Gasteiger charge is -2.27. The third-order valence-corrected chi connectivity index (χ3v) is 4.03. The third-order valence-electron chi connectivity index (χ3n) is 4.03. The maximum absolute atomic E-state index is 14.1. The molecule has 28 heavy (non-hydrogen) atoms. The van der Waals surface area contributed by atoms with E-state index in [-0.39, 0.29) is 18.9 Å². The minimum absolute atomic E-state index is 0.0775. The number of carbonyl (C=O) groups excluding carboxylic acids is 3. The molecule has 0 aliphatic carbocycles. The number of aliphatic imine (C=N–C) groups is 2. The number of urea groups is 1. The summed E-state index contributed by atoms with van der Waals surface area (Å²) in [5, 5.41) is 2.23. The molecule has 8 nitrogen and oxygen atoms in total. The lowest BCUT2D eigenvalue weighted by Crippen LogP contribution is -2.48. The Labute approximate surface area is 156 Å². The summed E-state index contributed by atoms with van der Waals surface area (Å²) in [7, 11) is 0.925. The van der Waals surface area contributed by atoms with Crippen molar-refractivity contribution < 1.29 is 32.3 Å². The molecule has 2 heterocycles. The van der Waals surface area contributed by atoms with Gasteiger partial charge in [0.05, 0.1) is 12.7 Å². The molecule has 1 atom stereocenters. The third kappa shape index (κ3) is 3.38. The van der Waals surface area contributed by atoms with Crippen LogP contribution in [0.4, 0.5) is 18.0 Å². The number of nitrogens with one attached hydrogen (secondary N) is 1. The molecule has 0 radical (unpaired) electrons. The summed E-state index contributed by atoms with van der Waals surface area (Å²) in [5.41, 5.74) is -0.781. The van der Waals surface area contributed by atoms with Crippen LogP contribution in [0.3, 0.4) is 0 Å². The van der Waals surface area contributed by atoms with E-state index in [1.165, 1.54) is 18.4 Å². The number of benzene rings is 1. The van der Waals surface area contributed by atoms with E-state index in [4.69, 9.17) is 0 Å². The van der Waals surface area contributed by atoms with Crippen LogP contribution in [0.25, 0.3) is 0 Å². The van der Waals surface area contributed by atoms with Crippen LogP contribution < -0.4 is 10.1 Å². The molecule has 1 unspecified atom stereocenters. The van der Waals surface area contributed by atoms with Gasteiger partial charge in [-0.3, -0.25) is 14.5 Å². The molecular formula is C17H13F3N4O4. The summed E-state index contributed by atoms with van der Waals surface area (Å²) in [6.45, 7) is -0.516. The molecule has 0 fully saturated rings. The van der Waals surface area contributed by atoms with Gasteiger partial charge in [-0.15, -0.1) is 0 Å². The van der Waals surface area contributed by atoms with Gasteiger partial charge in [-0.05, 0) is 12.1 Å². The molecule has 0 saturated carbocycles. The number of dihydropyridines is 1. The molecule has 4 amide bonds. The molecule has 0 saturated heterocycles. The van der Waals surface area contributed by atoms with Crippen molar-refractivity contribution in [2.75, 3.05) is 20.2 Å². The highest BCUT2D eigenvalue weighted by Gasteiger charge is 2.36. The van der Waals surface area contributed by atoms with E-state index in [2.05, 4.69) is 20.0 Å². The lowest BCUT2D eigenvalue weighted by molar-refractivity contribution is -0.129. The van der Waals surface area contributed by atoms with Gasteiger partial charge in [-0.2, -0.15) is 9.38 Å². The van der Waals surface area contributed by atoms with Gasteiger partial charge in [-0.1, -0.05) is 6.08 Å². The molecule has 1 N–H and O–H groups in total. The molecule has 1 aromatic rings. The Hall–Kier alpha value is -3.50. The fraction of sp³-hybridized carbons (Fsp3) is 0.235. The van der Waals surface area contributed by atoms with Crippen molar-refractivity contribution in [1.29, 1.82) is 0 Å². The Bertz CT molecular complexity index is 958. The average Bonchev–Trinajstić information content (AvgIpc) is 2.67. The summed E-state index contributed by atoms with van der Waals surface area (Å²) in [6, 6.07) is -0.458. The van der Waals surface area contributed by atoms with Gasteiger partial charge in [0.15, 0.2) is 17.4 Å². The van der Waals surface area contributed by atoms with E-state index in [0.29, 0.717) is 6.07 Å². The van der Waals surface area contributed by atoms with Crippen LogP contribution in [-0.2, 0) is 4.79 Å². The van der Waals surface area contributed by atoms with E-state index in [0.717, 1.165) is 12.0 Å². The predicted octanol–water partition coefficient (Wildman–Crippen LogP) is 1.46. The quantitative estimate of drug-likeness (QED) is 0.764. The number of methoxy groups -OCH3 is 1. The number of amides is 4. The van der Waals surface area contributed by atoms with Gasteiger partial charge < -0.3 is 10.1 Å². The fourth-order valence-electron chi connectivity index (χ4n) is 2.67. The van der Waals surface area contributed by atoms with Gasteiger partial charge >= 0.3 is 6.03 Å². The Kier molecular flexibility index (Phi) is 5.25. The molecule has 2 aliphatic rings. The number of nitrogens with zero attached hydrogens (tertiary/aromatic N) is 3. The summed E-state index contributed by atoms with van der Waals surface area (Å²) in [6.07, 6.45) is 4.46. The summed E-state index contributed by atoms with van der Waals surface area (Å²) >= 11 is 0. The van der Waals surface area contributed by atoms with E-state index < -0.39 is 52.5 Å². The van der Waals surface area contributed by atoms with Crippen molar-refractivity contribution in [3.63, 3.8) is 0 Å². The highest BCUT2D eigenvalue weighted by atomic mass is 19.2. The number of hydrogen-bond donors (Lipinski definition) is 1. The number of rotatable bonds is 5. The SMILES string of the molecule is COc1c(F)c(F)cc(C(=O)NCCN2C(=O)N=C3N=CC=CC3C2=O)c1F. The van der Waals surface area contributed by atoms with Gasteiger partial charge in [0, 0.05) is 19.3 Å². The number of allylic oxidation sites excluding steroid dienone is 1. The number of carbonyl (C=O) groups is 3. The maximum atomic E-state index is 14.1. The van der Waals surface area contributed by atoms with Crippen molar-refractivity contribution in [2.24, 2.45) is 15.9 Å². The van der Waals surface area contributed by atoms with Gasteiger partial charge in [0.2, 0.25) is 11.7 Å². The van der Waals surface area contributed by atoms with Crippen molar-refractivity contribution >= 4 is 29.9 Å². The van der Waals surface area contributed by atoms with Crippen molar-refractivity contribution in [3.8, 4) is 5.75 Å². The van der Waals surface area contributed by atoms with Crippen molar-refractivity contribution in [1.82, 2.24) is 10.2 Å². The van der Waals surface area contributed by atoms with E-state index >= 15 is 0 Å². The maximum Gasteiger partial charge on any atom is 0.352 e. The first kappa shape index (κ1) is 19.3. The van der Waals surface area contributed by atoms with Gasteiger partial charge in [-0.25, -0.2) is 18.6 Å². The topological polar surface area (TPSA) is 100 Å². The van der Waals surface area contributed by atoms with Crippen LogP contribution in [0, 0.1) is 23.4 Å². The second-order valence-corrected chi connectivity index (χ2v) is 5.71. The fourth-order valence-corrected chi connectivity index (χ4v) is 2.67. The molecule has 0 spiro atoms. The molecular weight excluding hydrogens is 381 g/mol. The van der Waals surface area contributed by atoms with Crippen LogP contribution in [-0.4, -0.2) is 55.0 Å². The first-order chi connectivity index (χ1) is 13.3. The van der Waals surface area contributed by atoms with Crippen LogP contribution in [0.15, 0.2) is 28.2 Å². The van der Waals surface area contributed by atoms with Gasteiger partial charge in [0.25, 0.3) is 5.91 Å². The first-order valence-corrected chi connectivity index (χ1v) is 7.99. The number of ether oxygens (including phenoxy) is 1. The molecule has 3 rings (SSSR count). The van der Waals surface area contributed by atoms with E-state index in [1.54, 1.807) is 0 Å². The second kappa shape index (κ2) is 7.62. The Morgan fingerprint density at radius 1 is 1.29 bits per heavy atom. The standard InChI is InChI=1S/C17H13F3N4O4/c1-28-13-11(19)9(7-10(18)12(13)20)15(25)22-5-6-24-16(26)8-3-2-4-21-14(8)23-17(24)27/h2-4,7-8H,5-6H2,1H3,(H,22,25). The Balaban J connectivity index is 1.68. The molecule has 2 aliphatic heterocycles. The lowest BCUT2D eigenvalue weighted by atomic mass is 10.0.